The number of rotatable bonds is 14. The summed E-state index contributed by atoms with van der Waals surface area (Å²) in [6.45, 7) is 9.94. The van der Waals surface area contributed by atoms with Gasteiger partial charge < -0.3 is 14.4 Å². The normalized spacial score (nSPS) is 23.2. The third kappa shape index (κ3) is 7.67. The van der Waals surface area contributed by atoms with Crippen molar-refractivity contribution in [3.8, 4) is 22.9 Å². The Bertz CT molecular complexity index is 2210. The molecule has 4 heterocycles. The van der Waals surface area contributed by atoms with Crippen LogP contribution in [0.2, 0.25) is 5.02 Å². The number of thiophene rings is 1. The number of methoxy groups -OCH3 is 1. The number of Topliss-reactive ketones (excluding diaryl/α,β-unsaturated/α-hetero) is 1. The van der Waals surface area contributed by atoms with Crippen molar-refractivity contribution in [2.75, 3.05) is 13.7 Å². The first kappa shape index (κ1) is 38.4. The van der Waals surface area contributed by atoms with Crippen LogP contribution in [0.3, 0.4) is 0 Å². The fraction of sp³-hybridized carbons (Fsp3) is 0.462. The lowest BCUT2D eigenvalue weighted by Gasteiger charge is -2.35. The number of fused-ring (bicyclic) bond motifs is 1. The molecule has 2 saturated carbocycles. The Hall–Kier alpha value is -3.85. The Balaban J connectivity index is 1.19. The Kier molecular flexibility index (Phi) is 10.4. The van der Waals surface area contributed by atoms with Crippen LogP contribution >= 0.6 is 34.3 Å². The van der Waals surface area contributed by atoms with Crippen LogP contribution in [-0.2, 0) is 30.8 Å². The number of aromatic nitrogens is 2. The van der Waals surface area contributed by atoms with Crippen LogP contribution in [0.15, 0.2) is 59.3 Å². The largest absolute Gasteiger partial charge is 0.494 e. The smallest absolute Gasteiger partial charge is 0.240 e. The van der Waals surface area contributed by atoms with Crippen molar-refractivity contribution in [1.82, 2.24) is 19.6 Å². The number of allylic oxidation sites excluding steroid dienone is 1. The molecule has 1 saturated heterocycles. The third-order valence-electron chi connectivity index (χ3n) is 10.8. The van der Waals surface area contributed by atoms with Crippen molar-refractivity contribution in [1.29, 1.82) is 0 Å². The van der Waals surface area contributed by atoms with Crippen LogP contribution in [0.5, 0.6) is 11.6 Å². The molecule has 5 atom stereocenters. The van der Waals surface area contributed by atoms with E-state index in [0.29, 0.717) is 41.8 Å². The molecule has 1 aromatic carbocycles. The molecular weight excluding hydrogens is 768 g/mol. The number of nitrogens with one attached hydrogen (secondary N) is 1. The zero-order chi connectivity index (χ0) is 38.6. The number of nitrogens with zero attached hydrogens (tertiary/aromatic N) is 3. The second-order valence-corrected chi connectivity index (χ2v) is 19.7. The lowest BCUT2D eigenvalue weighted by Crippen LogP contribution is -2.48. The first-order valence-electron chi connectivity index (χ1n) is 17.9. The minimum Gasteiger partial charge on any atom is -0.494 e. The molecule has 1 N–H and O–H groups in total. The highest BCUT2D eigenvalue weighted by Gasteiger charge is 2.61. The van der Waals surface area contributed by atoms with E-state index in [0.717, 1.165) is 21.7 Å². The van der Waals surface area contributed by atoms with Gasteiger partial charge in [-0.15, -0.1) is 17.9 Å². The molecule has 0 unspecified atom stereocenters. The predicted molar refractivity (Wildman–Crippen MR) is 210 cm³/mol. The van der Waals surface area contributed by atoms with Crippen LogP contribution < -0.4 is 14.2 Å². The summed E-state index contributed by atoms with van der Waals surface area (Å²) in [6.07, 6.45) is 4.07. The molecule has 0 spiro atoms. The van der Waals surface area contributed by atoms with Gasteiger partial charge in [-0.25, -0.2) is 18.4 Å². The maximum Gasteiger partial charge on any atom is 0.240 e. The highest BCUT2D eigenvalue weighted by Crippen LogP contribution is 2.57. The fourth-order valence-corrected chi connectivity index (χ4v) is 10.5. The average molecular weight is 811 g/mol. The summed E-state index contributed by atoms with van der Waals surface area (Å²) in [6, 6.07) is 6.37. The highest BCUT2D eigenvalue weighted by atomic mass is 35.5. The number of benzene rings is 1. The summed E-state index contributed by atoms with van der Waals surface area (Å²) in [7, 11) is -2.29. The van der Waals surface area contributed by atoms with Crippen LogP contribution in [0.25, 0.3) is 22.0 Å². The average Bonchev–Trinajstić information content (AvgIpc) is 3.89. The van der Waals surface area contributed by atoms with E-state index in [9.17, 15) is 22.8 Å². The van der Waals surface area contributed by atoms with E-state index in [2.05, 4.69) is 16.3 Å². The number of thiazole rings is 1. The second kappa shape index (κ2) is 14.7. The fourth-order valence-electron chi connectivity index (χ4n) is 7.41. The summed E-state index contributed by atoms with van der Waals surface area (Å²) >= 11 is 9.47. The minimum atomic E-state index is -3.84. The summed E-state index contributed by atoms with van der Waals surface area (Å²) in [5.74, 6) is -1.36. The number of hydrogen-bond acceptors (Lipinski definition) is 11. The summed E-state index contributed by atoms with van der Waals surface area (Å²) < 4.78 is 39.8. The van der Waals surface area contributed by atoms with Gasteiger partial charge in [0.25, 0.3) is 0 Å². The molecule has 2 aliphatic carbocycles. The predicted octanol–water partition coefficient (Wildman–Crippen LogP) is 7.10. The molecule has 54 heavy (non-hydrogen) atoms. The number of likely N-dealkylation sites (tertiary alicyclic amines) is 1. The van der Waals surface area contributed by atoms with Gasteiger partial charge in [-0.1, -0.05) is 38.4 Å². The van der Waals surface area contributed by atoms with Crippen molar-refractivity contribution < 1.29 is 32.3 Å². The van der Waals surface area contributed by atoms with E-state index < -0.39 is 50.1 Å². The quantitative estimate of drug-likeness (QED) is 0.132. The molecule has 3 aliphatic rings. The van der Waals surface area contributed by atoms with Crippen LogP contribution in [0.1, 0.15) is 57.9 Å². The molecule has 7 rings (SSSR count). The zero-order valence-corrected chi connectivity index (χ0v) is 33.7. The van der Waals surface area contributed by atoms with Gasteiger partial charge in [0.1, 0.15) is 11.9 Å². The zero-order valence-electron chi connectivity index (χ0n) is 30.5. The summed E-state index contributed by atoms with van der Waals surface area (Å²) in [5, 5.41) is 8.07. The first-order valence-corrected chi connectivity index (χ1v) is 21.7. The number of hydrogen-bond donors (Lipinski definition) is 1. The molecule has 0 radical (unpaired) electrons. The molecule has 3 fully saturated rings. The number of sulfonamides is 1. The van der Waals surface area contributed by atoms with Gasteiger partial charge in [0, 0.05) is 57.3 Å². The number of carbonyl (C=O) groups is 3. The van der Waals surface area contributed by atoms with Crippen LogP contribution in [0, 0.1) is 22.7 Å². The molecular formula is C39H43ClN4O7S3. The number of ether oxygens (including phenoxy) is 2. The number of halogens is 1. The molecule has 286 valence electrons. The Labute approximate surface area is 328 Å². The Morgan fingerprint density at radius 2 is 1.96 bits per heavy atom. The Morgan fingerprint density at radius 1 is 1.19 bits per heavy atom. The lowest BCUT2D eigenvalue weighted by atomic mass is 9.77. The molecule has 3 aromatic heterocycles. The SMILES string of the molecule is C=C[C@@H]1C[C@]1(CC(=O)[C@@H]1C[C@@H](Oc2ncc(OC)c3ccc(Cl)cc23)CN1C(=O)[C@@H](Cc1nc(-c2ccsc2)cs1)C(C)(C)C)C(=O)NS(=O)(=O)C1CC1. The molecule has 0 bridgehead atoms. The van der Waals surface area contributed by atoms with Gasteiger partial charge in [0.15, 0.2) is 5.78 Å². The van der Waals surface area contributed by atoms with Crippen LogP contribution in [0.4, 0.5) is 0 Å². The maximum atomic E-state index is 14.9. The summed E-state index contributed by atoms with van der Waals surface area (Å²) in [4.78, 5) is 54.0. The van der Waals surface area contributed by atoms with Crippen LogP contribution in [-0.4, -0.2) is 71.9 Å². The Morgan fingerprint density at radius 3 is 2.61 bits per heavy atom. The topological polar surface area (TPSA) is 145 Å². The molecule has 2 amide bonds. The van der Waals surface area contributed by atoms with Crippen molar-refractivity contribution in [3.05, 3.63) is 69.3 Å². The van der Waals surface area contributed by atoms with E-state index in [1.807, 2.05) is 49.0 Å². The minimum absolute atomic E-state index is 0.0930. The maximum absolute atomic E-state index is 14.9. The molecule has 4 aromatic rings. The number of amides is 2. The van der Waals surface area contributed by atoms with Gasteiger partial charge in [0.05, 0.1) is 47.3 Å². The van der Waals surface area contributed by atoms with E-state index in [-0.39, 0.29) is 42.9 Å². The van der Waals surface area contributed by atoms with E-state index >= 15 is 0 Å². The molecule has 15 heteroatoms. The monoisotopic (exact) mass is 810 g/mol. The van der Waals surface area contributed by atoms with Gasteiger partial charge in [0.2, 0.25) is 27.7 Å². The number of ketones is 1. The van der Waals surface area contributed by atoms with Gasteiger partial charge in [-0.3, -0.25) is 19.1 Å². The van der Waals surface area contributed by atoms with Gasteiger partial charge in [-0.2, -0.15) is 11.3 Å². The standard InChI is InChI=1S/C39H43ClN4O7S3/c1-6-23-16-39(23,37(47)43-54(48,49)26-8-9-26)17-32(45)31-14-25(51-35-28-13-24(40)7-10-27(28)33(50-5)18-41-35)19-44(31)36(46)29(38(2,3)4)15-34-42-30(21-53-34)22-11-12-52-20-22/h6-7,10-13,18,20-21,23,25-26,29,31H,1,8-9,14-17,19H2,2-5H3,(H,43,47)/t23-,25-,29-,31+,39-/m1/s1. The first-order chi connectivity index (χ1) is 25.6. The lowest BCUT2D eigenvalue weighted by molar-refractivity contribution is -0.144. The van der Waals surface area contributed by atoms with Crippen molar-refractivity contribution >= 4 is 72.7 Å². The van der Waals surface area contributed by atoms with E-state index in [4.69, 9.17) is 26.1 Å². The van der Waals surface area contributed by atoms with E-state index in [1.54, 1.807) is 47.8 Å². The molecule has 1 aliphatic heterocycles. The number of pyridine rings is 1. The number of carbonyl (C=O) groups excluding carboxylic acids is 3. The van der Waals surface area contributed by atoms with Crippen molar-refractivity contribution in [2.45, 2.75) is 76.7 Å². The van der Waals surface area contributed by atoms with Gasteiger partial charge >= 0.3 is 0 Å². The van der Waals surface area contributed by atoms with E-state index in [1.165, 1.54) is 11.3 Å². The second-order valence-electron chi connectivity index (χ2n) is 15.6. The highest BCUT2D eigenvalue weighted by molar-refractivity contribution is 7.90. The van der Waals surface area contributed by atoms with Gasteiger partial charge in [-0.05, 0) is 60.2 Å². The van der Waals surface area contributed by atoms with Crippen molar-refractivity contribution in [3.63, 3.8) is 0 Å². The van der Waals surface area contributed by atoms with Crippen molar-refractivity contribution in [2.24, 2.45) is 22.7 Å². The molecule has 11 nitrogen and oxygen atoms in total. The third-order valence-corrected chi connectivity index (χ3v) is 14.4. The summed E-state index contributed by atoms with van der Waals surface area (Å²) in [5.41, 5.74) is 0.103.